The van der Waals surface area contributed by atoms with Gasteiger partial charge in [-0.3, -0.25) is 0 Å². The van der Waals surface area contributed by atoms with Crippen molar-refractivity contribution in [2.45, 2.75) is 27.3 Å². The molecular formula is C19H20ClN. The van der Waals surface area contributed by atoms with Crippen LogP contribution < -0.4 is 0 Å². The molecule has 0 spiro atoms. The van der Waals surface area contributed by atoms with Gasteiger partial charge in [-0.2, -0.15) is 0 Å². The molecule has 1 heterocycles. The van der Waals surface area contributed by atoms with Gasteiger partial charge in [0.2, 0.25) is 0 Å². The zero-order valence-corrected chi connectivity index (χ0v) is 13.5. The van der Waals surface area contributed by atoms with Gasteiger partial charge in [0.05, 0.1) is 0 Å². The summed E-state index contributed by atoms with van der Waals surface area (Å²) in [5.41, 5.74) is 3.78. The SMILES string of the molecule is CC(C)(C)Cn1ccc2ccc(-c3ccccc3Cl)cc21. The van der Waals surface area contributed by atoms with E-state index in [2.05, 4.69) is 61.9 Å². The summed E-state index contributed by atoms with van der Waals surface area (Å²) in [5, 5.41) is 2.07. The molecule has 0 bridgehead atoms. The van der Waals surface area contributed by atoms with E-state index in [0.717, 1.165) is 17.1 Å². The summed E-state index contributed by atoms with van der Waals surface area (Å²) in [6.45, 7) is 7.78. The monoisotopic (exact) mass is 297 g/mol. The summed E-state index contributed by atoms with van der Waals surface area (Å²) in [4.78, 5) is 0. The van der Waals surface area contributed by atoms with Crippen molar-refractivity contribution in [2.24, 2.45) is 5.41 Å². The number of nitrogens with zero attached hydrogens (tertiary/aromatic N) is 1. The smallest absolute Gasteiger partial charge is 0.0486 e. The van der Waals surface area contributed by atoms with Gasteiger partial charge in [0, 0.05) is 28.8 Å². The van der Waals surface area contributed by atoms with Crippen LogP contribution in [-0.4, -0.2) is 4.57 Å². The standard InChI is InChI=1S/C19H20ClN/c1-19(2,3)13-21-11-10-14-8-9-15(12-18(14)21)16-6-4-5-7-17(16)20/h4-12H,13H2,1-3H3. The summed E-state index contributed by atoms with van der Waals surface area (Å²) in [6.07, 6.45) is 2.17. The van der Waals surface area contributed by atoms with Crippen molar-refractivity contribution in [2.75, 3.05) is 0 Å². The van der Waals surface area contributed by atoms with Gasteiger partial charge in [0.15, 0.2) is 0 Å². The van der Waals surface area contributed by atoms with Crippen LogP contribution in [0.5, 0.6) is 0 Å². The Balaban J connectivity index is 2.11. The van der Waals surface area contributed by atoms with Crippen LogP contribution in [0, 0.1) is 5.41 Å². The lowest BCUT2D eigenvalue weighted by Crippen LogP contribution is -2.14. The van der Waals surface area contributed by atoms with Crippen LogP contribution in [0.2, 0.25) is 5.02 Å². The largest absolute Gasteiger partial charge is 0.347 e. The molecule has 21 heavy (non-hydrogen) atoms. The highest BCUT2D eigenvalue weighted by molar-refractivity contribution is 6.33. The molecule has 0 radical (unpaired) electrons. The Kier molecular flexibility index (Phi) is 3.54. The van der Waals surface area contributed by atoms with Crippen molar-refractivity contribution in [3.05, 3.63) is 59.8 Å². The Bertz CT molecular complexity index is 778. The van der Waals surface area contributed by atoms with Crippen LogP contribution in [0.3, 0.4) is 0 Å². The molecule has 2 aromatic carbocycles. The van der Waals surface area contributed by atoms with Gasteiger partial charge in [0.1, 0.15) is 0 Å². The number of hydrogen-bond acceptors (Lipinski definition) is 0. The molecule has 0 amide bonds. The van der Waals surface area contributed by atoms with Gasteiger partial charge in [0.25, 0.3) is 0 Å². The molecular weight excluding hydrogens is 278 g/mol. The maximum atomic E-state index is 6.32. The molecule has 0 fully saturated rings. The van der Waals surface area contributed by atoms with Crippen LogP contribution in [0.25, 0.3) is 22.0 Å². The second-order valence-electron chi connectivity index (χ2n) is 6.76. The molecule has 0 unspecified atom stereocenters. The fourth-order valence-corrected chi connectivity index (χ4v) is 2.94. The highest BCUT2D eigenvalue weighted by Gasteiger charge is 2.13. The van der Waals surface area contributed by atoms with E-state index in [9.17, 15) is 0 Å². The molecule has 0 aliphatic rings. The highest BCUT2D eigenvalue weighted by Crippen LogP contribution is 2.31. The Hall–Kier alpha value is -1.73. The van der Waals surface area contributed by atoms with Gasteiger partial charge in [-0.1, -0.05) is 62.7 Å². The van der Waals surface area contributed by atoms with E-state index in [1.807, 2.05) is 18.2 Å². The minimum atomic E-state index is 0.256. The molecule has 3 aromatic rings. The van der Waals surface area contributed by atoms with E-state index in [4.69, 9.17) is 11.6 Å². The number of benzene rings is 2. The van der Waals surface area contributed by atoms with E-state index in [0.29, 0.717) is 0 Å². The van der Waals surface area contributed by atoms with Crippen molar-refractivity contribution in [3.63, 3.8) is 0 Å². The Morgan fingerprint density at radius 3 is 2.48 bits per heavy atom. The third-order valence-corrected chi connectivity index (χ3v) is 3.93. The van der Waals surface area contributed by atoms with E-state index in [-0.39, 0.29) is 5.41 Å². The van der Waals surface area contributed by atoms with E-state index >= 15 is 0 Å². The lowest BCUT2D eigenvalue weighted by atomic mass is 9.97. The van der Waals surface area contributed by atoms with Crippen LogP contribution in [-0.2, 0) is 6.54 Å². The van der Waals surface area contributed by atoms with E-state index in [1.54, 1.807) is 0 Å². The second-order valence-corrected chi connectivity index (χ2v) is 7.16. The number of aromatic nitrogens is 1. The number of fused-ring (bicyclic) bond motifs is 1. The van der Waals surface area contributed by atoms with E-state index in [1.165, 1.54) is 16.5 Å². The molecule has 0 aliphatic carbocycles. The van der Waals surface area contributed by atoms with Crippen molar-refractivity contribution < 1.29 is 0 Å². The fraction of sp³-hybridized carbons (Fsp3) is 0.263. The highest BCUT2D eigenvalue weighted by atomic mass is 35.5. The molecule has 0 saturated heterocycles. The number of hydrogen-bond donors (Lipinski definition) is 0. The van der Waals surface area contributed by atoms with Gasteiger partial charge < -0.3 is 4.57 Å². The molecule has 0 aliphatic heterocycles. The normalized spacial score (nSPS) is 12.0. The quantitative estimate of drug-likeness (QED) is 0.546. The third-order valence-electron chi connectivity index (χ3n) is 3.60. The van der Waals surface area contributed by atoms with Gasteiger partial charge in [-0.25, -0.2) is 0 Å². The molecule has 1 aromatic heterocycles. The first-order chi connectivity index (χ1) is 9.94. The first kappa shape index (κ1) is 14.2. The molecule has 1 nitrogen and oxygen atoms in total. The number of rotatable bonds is 2. The van der Waals surface area contributed by atoms with Crippen molar-refractivity contribution in [1.82, 2.24) is 4.57 Å². The van der Waals surface area contributed by atoms with E-state index < -0.39 is 0 Å². The fourth-order valence-electron chi connectivity index (χ4n) is 2.70. The van der Waals surface area contributed by atoms with Crippen molar-refractivity contribution >= 4 is 22.5 Å². The third kappa shape index (κ3) is 2.98. The van der Waals surface area contributed by atoms with Gasteiger partial charge >= 0.3 is 0 Å². The second kappa shape index (κ2) is 5.23. The Labute approximate surface area is 131 Å². The summed E-state index contributed by atoms with van der Waals surface area (Å²) in [5.74, 6) is 0. The minimum absolute atomic E-state index is 0.256. The number of halogens is 1. The summed E-state index contributed by atoms with van der Waals surface area (Å²) in [7, 11) is 0. The summed E-state index contributed by atoms with van der Waals surface area (Å²) in [6, 6.07) is 16.7. The van der Waals surface area contributed by atoms with Crippen molar-refractivity contribution in [1.29, 1.82) is 0 Å². The Morgan fingerprint density at radius 1 is 1.00 bits per heavy atom. The maximum absolute atomic E-state index is 6.32. The molecule has 0 N–H and O–H groups in total. The average Bonchev–Trinajstić information content (AvgIpc) is 2.80. The molecule has 0 atom stereocenters. The molecule has 0 saturated carbocycles. The predicted molar refractivity (Wildman–Crippen MR) is 91.8 cm³/mol. The van der Waals surface area contributed by atoms with Crippen LogP contribution >= 0.6 is 11.6 Å². The minimum Gasteiger partial charge on any atom is -0.347 e. The topological polar surface area (TPSA) is 4.93 Å². The van der Waals surface area contributed by atoms with Crippen molar-refractivity contribution in [3.8, 4) is 11.1 Å². The predicted octanol–water partition coefficient (Wildman–Crippen LogP) is 6.01. The first-order valence-electron chi connectivity index (χ1n) is 7.28. The first-order valence-corrected chi connectivity index (χ1v) is 7.66. The summed E-state index contributed by atoms with van der Waals surface area (Å²) >= 11 is 6.32. The van der Waals surface area contributed by atoms with Crippen LogP contribution in [0.15, 0.2) is 54.7 Å². The zero-order chi connectivity index (χ0) is 15.0. The molecule has 108 valence electrons. The maximum Gasteiger partial charge on any atom is 0.0486 e. The van der Waals surface area contributed by atoms with Gasteiger partial charge in [-0.15, -0.1) is 0 Å². The average molecular weight is 298 g/mol. The molecule has 2 heteroatoms. The van der Waals surface area contributed by atoms with Crippen LogP contribution in [0.1, 0.15) is 20.8 Å². The lowest BCUT2D eigenvalue weighted by Gasteiger charge is -2.20. The Morgan fingerprint density at radius 2 is 1.76 bits per heavy atom. The summed E-state index contributed by atoms with van der Waals surface area (Å²) < 4.78 is 2.33. The van der Waals surface area contributed by atoms with Gasteiger partial charge in [-0.05, 0) is 34.6 Å². The van der Waals surface area contributed by atoms with Crippen LogP contribution in [0.4, 0.5) is 0 Å². The zero-order valence-electron chi connectivity index (χ0n) is 12.7. The molecule has 3 rings (SSSR count). The lowest BCUT2D eigenvalue weighted by molar-refractivity contribution is 0.349.